The van der Waals surface area contributed by atoms with E-state index in [4.69, 9.17) is 4.74 Å². The molecule has 220 valence electrons. The molecule has 0 saturated carbocycles. The van der Waals surface area contributed by atoms with Gasteiger partial charge in [-0.05, 0) is 46.2 Å². The number of unbranched alkanes of at least 4 members (excludes halogenated alkanes) is 23. The van der Waals surface area contributed by atoms with E-state index in [1.54, 1.807) is 0 Å². The molecule has 0 N–H and O–H groups in total. The van der Waals surface area contributed by atoms with Gasteiger partial charge in [0.1, 0.15) is 6.61 Å². The first-order chi connectivity index (χ1) is 18.2. The lowest BCUT2D eigenvalue weighted by atomic mass is 10.0. The Bertz CT molecular complexity index is 474. The average Bonchev–Trinajstić information content (AvgIpc) is 2.88. The molecule has 0 aliphatic carbocycles. The van der Waals surface area contributed by atoms with E-state index in [0.717, 1.165) is 19.4 Å². The van der Waals surface area contributed by atoms with E-state index in [1.165, 1.54) is 148 Å². The number of hydrogen-bond acceptors (Lipinski definition) is 3. The molecule has 37 heavy (non-hydrogen) atoms. The fourth-order valence-corrected chi connectivity index (χ4v) is 4.88. The Labute approximate surface area is 233 Å². The number of rotatable bonds is 30. The molecule has 3 nitrogen and oxygen atoms in total. The van der Waals surface area contributed by atoms with Crippen LogP contribution < -0.4 is 0 Å². The Kier molecular flexibility index (Phi) is 30.7. The smallest absolute Gasteiger partial charge is 0.305 e. The molecule has 0 unspecified atom stereocenters. The summed E-state index contributed by atoms with van der Waals surface area (Å²) in [4.78, 5) is 13.6. The molecule has 0 aliphatic rings. The molecule has 0 heterocycles. The van der Waals surface area contributed by atoms with Gasteiger partial charge in [0, 0.05) is 13.0 Å². The van der Waals surface area contributed by atoms with Gasteiger partial charge in [-0.15, -0.1) is 0 Å². The zero-order valence-corrected chi connectivity index (χ0v) is 25.7. The van der Waals surface area contributed by atoms with Crippen molar-refractivity contribution in [3.63, 3.8) is 0 Å². The minimum atomic E-state index is -0.0376. The minimum Gasteiger partial charge on any atom is -0.464 e. The van der Waals surface area contributed by atoms with Crippen molar-refractivity contribution in [2.75, 3.05) is 27.2 Å². The first-order valence-corrected chi connectivity index (χ1v) is 16.6. The zero-order chi connectivity index (χ0) is 27.1. The summed E-state index contributed by atoms with van der Waals surface area (Å²) in [7, 11) is 3.98. The van der Waals surface area contributed by atoms with E-state index in [2.05, 4.69) is 19.1 Å². The molecule has 0 bridgehead atoms. The van der Waals surface area contributed by atoms with Gasteiger partial charge >= 0.3 is 5.97 Å². The van der Waals surface area contributed by atoms with Gasteiger partial charge in [0.25, 0.3) is 0 Å². The maximum absolute atomic E-state index is 11.6. The Hall–Kier alpha value is -0.830. The van der Waals surface area contributed by atoms with Gasteiger partial charge in [-0.1, -0.05) is 147 Å². The van der Waals surface area contributed by atoms with Crippen molar-refractivity contribution in [1.29, 1.82) is 0 Å². The first kappa shape index (κ1) is 36.2. The van der Waals surface area contributed by atoms with Crippen LogP contribution in [0.25, 0.3) is 0 Å². The molecule has 0 rings (SSSR count). The highest BCUT2D eigenvalue weighted by Crippen LogP contribution is 2.15. The number of esters is 1. The number of ether oxygens (including phenoxy) is 1. The lowest BCUT2D eigenvalue weighted by Gasteiger charge is -2.09. The molecule has 0 radical (unpaired) electrons. The summed E-state index contributed by atoms with van der Waals surface area (Å²) < 4.78 is 5.22. The number of allylic oxidation sites excluding steroid dienone is 2. The Morgan fingerprint density at radius 3 is 1.27 bits per heavy atom. The van der Waals surface area contributed by atoms with Crippen LogP contribution in [0.5, 0.6) is 0 Å². The van der Waals surface area contributed by atoms with Crippen LogP contribution in [0.4, 0.5) is 0 Å². The van der Waals surface area contributed by atoms with Crippen molar-refractivity contribution < 1.29 is 9.53 Å². The summed E-state index contributed by atoms with van der Waals surface area (Å²) in [5.74, 6) is -0.0376. The van der Waals surface area contributed by atoms with E-state index in [0.29, 0.717) is 13.0 Å². The highest BCUT2D eigenvalue weighted by Gasteiger charge is 2.02. The number of carbonyl (C=O) groups excluding carboxylic acids is 1. The van der Waals surface area contributed by atoms with Crippen molar-refractivity contribution in [1.82, 2.24) is 4.90 Å². The van der Waals surface area contributed by atoms with E-state index in [9.17, 15) is 4.79 Å². The van der Waals surface area contributed by atoms with Crippen LogP contribution in [0.15, 0.2) is 12.2 Å². The second-order valence-electron chi connectivity index (χ2n) is 11.6. The highest BCUT2D eigenvalue weighted by molar-refractivity contribution is 5.69. The maximum Gasteiger partial charge on any atom is 0.305 e. The Morgan fingerprint density at radius 2 is 0.892 bits per heavy atom. The van der Waals surface area contributed by atoms with Crippen LogP contribution in [-0.4, -0.2) is 38.1 Å². The third kappa shape index (κ3) is 33.1. The molecule has 0 aromatic carbocycles. The maximum atomic E-state index is 11.6. The number of carbonyl (C=O) groups is 1. The van der Waals surface area contributed by atoms with E-state index in [1.807, 2.05) is 19.0 Å². The summed E-state index contributed by atoms with van der Waals surface area (Å²) in [6, 6.07) is 0. The monoisotopic (exact) mass is 522 g/mol. The number of likely N-dealkylation sites (N-methyl/N-ethyl adjacent to an activating group) is 1. The minimum absolute atomic E-state index is 0.0376. The van der Waals surface area contributed by atoms with Gasteiger partial charge in [0.2, 0.25) is 0 Å². The van der Waals surface area contributed by atoms with Crippen LogP contribution in [0.2, 0.25) is 0 Å². The second-order valence-corrected chi connectivity index (χ2v) is 11.6. The number of hydrogen-bond donors (Lipinski definition) is 0. The molecule has 3 heteroatoms. The molecular weight excluding hydrogens is 454 g/mol. The van der Waals surface area contributed by atoms with Gasteiger partial charge in [-0.2, -0.15) is 0 Å². The summed E-state index contributed by atoms with van der Waals surface area (Å²) in [6.45, 7) is 3.61. The van der Waals surface area contributed by atoms with Crippen LogP contribution in [-0.2, 0) is 9.53 Å². The quantitative estimate of drug-likeness (QED) is 0.0534. The zero-order valence-electron chi connectivity index (χ0n) is 25.7. The van der Waals surface area contributed by atoms with Crippen molar-refractivity contribution >= 4 is 5.97 Å². The van der Waals surface area contributed by atoms with Crippen molar-refractivity contribution in [3.05, 3.63) is 12.2 Å². The first-order valence-electron chi connectivity index (χ1n) is 16.6. The van der Waals surface area contributed by atoms with Gasteiger partial charge in [-0.3, -0.25) is 4.79 Å². The summed E-state index contributed by atoms with van der Waals surface area (Å²) >= 11 is 0. The molecule has 0 atom stereocenters. The summed E-state index contributed by atoms with van der Waals surface area (Å²) in [6.07, 6.45) is 39.7. The normalized spacial score (nSPS) is 11.7. The standard InChI is InChI=1S/C34H67NO2/c1-4-5-6-7-8-9-10-11-12-13-14-15-16-17-18-19-20-21-22-23-24-25-26-27-28-29-30-31-34(36)37-33-32-35(2)3/h23-24H,4-22,25-33H2,1-3H3. The lowest BCUT2D eigenvalue weighted by Crippen LogP contribution is -2.20. The van der Waals surface area contributed by atoms with Gasteiger partial charge < -0.3 is 9.64 Å². The van der Waals surface area contributed by atoms with Gasteiger partial charge in [-0.25, -0.2) is 0 Å². The van der Waals surface area contributed by atoms with Gasteiger partial charge in [0.05, 0.1) is 0 Å². The number of nitrogens with zero attached hydrogens (tertiary/aromatic N) is 1. The second kappa shape index (κ2) is 31.4. The third-order valence-electron chi connectivity index (χ3n) is 7.44. The summed E-state index contributed by atoms with van der Waals surface area (Å²) in [5.41, 5.74) is 0. The van der Waals surface area contributed by atoms with E-state index >= 15 is 0 Å². The Balaban J connectivity index is 3.15. The Morgan fingerprint density at radius 1 is 0.541 bits per heavy atom. The van der Waals surface area contributed by atoms with Crippen LogP contribution in [0.1, 0.15) is 174 Å². The molecule has 0 aromatic heterocycles. The third-order valence-corrected chi connectivity index (χ3v) is 7.44. The fourth-order valence-electron chi connectivity index (χ4n) is 4.88. The molecule has 0 saturated heterocycles. The van der Waals surface area contributed by atoms with Crippen LogP contribution >= 0.6 is 0 Å². The topological polar surface area (TPSA) is 29.5 Å². The predicted octanol–water partition coefficient (Wildman–Crippen LogP) is 10.8. The van der Waals surface area contributed by atoms with Crippen LogP contribution in [0.3, 0.4) is 0 Å². The largest absolute Gasteiger partial charge is 0.464 e. The SMILES string of the molecule is CCCCCCCCCCCCCCCCCCCCC=CCCCCCCCC(=O)OCCN(C)C. The molecular formula is C34H67NO2. The molecule has 0 fully saturated rings. The summed E-state index contributed by atoms with van der Waals surface area (Å²) in [5, 5.41) is 0. The lowest BCUT2D eigenvalue weighted by molar-refractivity contribution is -0.144. The van der Waals surface area contributed by atoms with Crippen molar-refractivity contribution in [2.24, 2.45) is 0 Å². The average molecular weight is 522 g/mol. The molecule has 0 amide bonds. The molecule has 0 aromatic rings. The van der Waals surface area contributed by atoms with Crippen molar-refractivity contribution in [3.8, 4) is 0 Å². The van der Waals surface area contributed by atoms with Gasteiger partial charge in [0.15, 0.2) is 0 Å². The molecule has 0 spiro atoms. The van der Waals surface area contributed by atoms with E-state index in [-0.39, 0.29) is 5.97 Å². The highest BCUT2D eigenvalue weighted by atomic mass is 16.5. The van der Waals surface area contributed by atoms with E-state index < -0.39 is 0 Å². The van der Waals surface area contributed by atoms with Crippen molar-refractivity contribution in [2.45, 2.75) is 174 Å². The fraction of sp³-hybridized carbons (Fsp3) is 0.912. The molecule has 0 aliphatic heterocycles. The van der Waals surface area contributed by atoms with Crippen LogP contribution in [0, 0.1) is 0 Å². The predicted molar refractivity (Wildman–Crippen MR) is 164 cm³/mol.